The lowest BCUT2D eigenvalue weighted by Gasteiger charge is -2.24. The molecule has 1 saturated heterocycles. The SMILES string of the molecule is COc1cccc([C@@H]2C[C@@H](O)CN2C(=O)c2cc3ccccc3o2)c1. The number of carbonyl (C=O) groups is 1. The first kappa shape index (κ1) is 15.7. The van der Waals surface area contributed by atoms with Gasteiger partial charge in [0.05, 0.1) is 19.3 Å². The Kier molecular flexibility index (Phi) is 3.93. The molecule has 0 unspecified atom stereocenters. The van der Waals surface area contributed by atoms with Crippen molar-refractivity contribution in [2.24, 2.45) is 0 Å². The van der Waals surface area contributed by atoms with Crippen LogP contribution in [0.25, 0.3) is 11.0 Å². The van der Waals surface area contributed by atoms with E-state index >= 15 is 0 Å². The summed E-state index contributed by atoms with van der Waals surface area (Å²) in [7, 11) is 1.61. The van der Waals surface area contributed by atoms with Crippen molar-refractivity contribution in [1.29, 1.82) is 0 Å². The van der Waals surface area contributed by atoms with Gasteiger partial charge in [-0.25, -0.2) is 0 Å². The second kappa shape index (κ2) is 6.26. The highest BCUT2D eigenvalue weighted by Gasteiger charge is 2.37. The molecule has 0 radical (unpaired) electrons. The fraction of sp³-hybridized carbons (Fsp3) is 0.250. The summed E-state index contributed by atoms with van der Waals surface area (Å²) in [5.41, 5.74) is 1.63. The molecule has 0 aliphatic carbocycles. The van der Waals surface area contributed by atoms with E-state index in [0.29, 0.717) is 17.8 Å². The number of fused-ring (bicyclic) bond motifs is 1. The Bertz CT molecular complexity index is 884. The molecule has 1 aliphatic heterocycles. The van der Waals surface area contributed by atoms with Gasteiger partial charge in [-0.3, -0.25) is 4.79 Å². The average molecular weight is 337 g/mol. The molecule has 1 aliphatic rings. The van der Waals surface area contributed by atoms with Crippen molar-refractivity contribution in [2.45, 2.75) is 18.6 Å². The molecule has 3 aromatic rings. The van der Waals surface area contributed by atoms with Crippen molar-refractivity contribution < 1.29 is 19.1 Å². The normalized spacial score (nSPS) is 20.2. The lowest BCUT2D eigenvalue weighted by atomic mass is 10.0. The number of rotatable bonds is 3. The number of aliphatic hydroxyl groups excluding tert-OH is 1. The van der Waals surface area contributed by atoms with Crippen LogP contribution in [0, 0.1) is 0 Å². The van der Waals surface area contributed by atoms with E-state index in [2.05, 4.69) is 0 Å². The molecular weight excluding hydrogens is 318 g/mol. The third-order valence-electron chi connectivity index (χ3n) is 4.65. The number of hydrogen-bond donors (Lipinski definition) is 1. The Morgan fingerprint density at radius 1 is 1.20 bits per heavy atom. The number of ether oxygens (including phenoxy) is 1. The van der Waals surface area contributed by atoms with Crippen molar-refractivity contribution >= 4 is 16.9 Å². The van der Waals surface area contributed by atoms with Gasteiger partial charge in [-0.05, 0) is 36.2 Å². The molecule has 5 nitrogen and oxygen atoms in total. The van der Waals surface area contributed by atoms with Crippen LogP contribution in [0.1, 0.15) is 28.6 Å². The topological polar surface area (TPSA) is 62.9 Å². The molecule has 25 heavy (non-hydrogen) atoms. The van der Waals surface area contributed by atoms with Crippen LogP contribution in [0.2, 0.25) is 0 Å². The van der Waals surface area contributed by atoms with Gasteiger partial charge >= 0.3 is 0 Å². The first-order valence-corrected chi connectivity index (χ1v) is 8.27. The Hall–Kier alpha value is -2.79. The minimum atomic E-state index is -0.551. The van der Waals surface area contributed by atoms with Gasteiger partial charge in [-0.2, -0.15) is 0 Å². The summed E-state index contributed by atoms with van der Waals surface area (Å²) in [4.78, 5) is 14.7. The van der Waals surface area contributed by atoms with Crippen LogP contribution in [0.3, 0.4) is 0 Å². The number of methoxy groups -OCH3 is 1. The summed E-state index contributed by atoms with van der Waals surface area (Å²) in [6.07, 6.45) is -0.0522. The molecule has 0 spiro atoms. The highest BCUT2D eigenvalue weighted by Crippen LogP contribution is 2.35. The van der Waals surface area contributed by atoms with Crippen molar-refractivity contribution in [1.82, 2.24) is 4.90 Å². The van der Waals surface area contributed by atoms with Gasteiger partial charge in [-0.15, -0.1) is 0 Å². The monoisotopic (exact) mass is 337 g/mol. The maximum atomic E-state index is 13.0. The second-order valence-electron chi connectivity index (χ2n) is 6.29. The summed E-state index contributed by atoms with van der Waals surface area (Å²) >= 11 is 0. The zero-order valence-corrected chi connectivity index (χ0v) is 13.9. The number of amides is 1. The summed E-state index contributed by atoms with van der Waals surface area (Å²) in [5.74, 6) is 0.818. The molecule has 1 aromatic heterocycles. The molecule has 1 N–H and O–H groups in total. The van der Waals surface area contributed by atoms with E-state index in [0.717, 1.165) is 16.7 Å². The van der Waals surface area contributed by atoms with Gasteiger partial charge in [0, 0.05) is 11.9 Å². The number of β-amino-alcohol motifs (C(OH)–C–C–N with tert-alkyl or cyclic N) is 1. The first-order chi connectivity index (χ1) is 12.2. The smallest absolute Gasteiger partial charge is 0.290 e. The molecular formula is C20H19NO4. The van der Waals surface area contributed by atoms with E-state index in [-0.39, 0.29) is 18.5 Å². The Balaban J connectivity index is 1.67. The molecule has 5 heteroatoms. The predicted molar refractivity (Wildman–Crippen MR) is 93.6 cm³/mol. The Labute approximate surface area is 145 Å². The number of carbonyl (C=O) groups excluding carboxylic acids is 1. The van der Waals surface area contributed by atoms with E-state index in [1.54, 1.807) is 18.1 Å². The fourth-order valence-electron chi connectivity index (χ4n) is 3.43. The van der Waals surface area contributed by atoms with Crippen LogP contribution in [-0.2, 0) is 0 Å². The second-order valence-corrected chi connectivity index (χ2v) is 6.29. The molecule has 2 aromatic carbocycles. The van der Waals surface area contributed by atoms with E-state index in [9.17, 15) is 9.90 Å². The highest BCUT2D eigenvalue weighted by molar-refractivity contribution is 5.96. The first-order valence-electron chi connectivity index (χ1n) is 8.27. The van der Waals surface area contributed by atoms with Crippen molar-refractivity contribution in [3.05, 3.63) is 65.9 Å². The predicted octanol–water partition coefficient (Wildman–Crippen LogP) is 3.39. The maximum Gasteiger partial charge on any atom is 0.290 e. The minimum absolute atomic E-state index is 0.203. The van der Waals surface area contributed by atoms with Crippen molar-refractivity contribution in [3.8, 4) is 5.75 Å². The van der Waals surface area contributed by atoms with E-state index in [4.69, 9.17) is 9.15 Å². The molecule has 0 saturated carbocycles. The molecule has 2 atom stereocenters. The number of nitrogens with zero attached hydrogens (tertiary/aromatic N) is 1. The van der Waals surface area contributed by atoms with Crippen LogP contribution in [0.15, 0.2) is 59.0 Å². The molecule has 4 rings (SSSR count). The summed E-state index contributed by atoms with van der Waals surface area (Å²) in [5, 5.41) is 11.0. The summed E-state index contributed by atoms with van der Waals surface area (Å²) in [6, 6.07) is 16.7. The number of likely N-dealkylation sites (tertiary alicyclic amines) is 1. The van der Waals surface area contributed by atoms with Gasteiger partial charge < -0.3 is 19.2 Å². The lowest BCUT2D eigenvalue weighted by Crippen LogP contribution is -2.31. The van der Waals surface area contributed by atoms with E-state index in [1.165, 1.54) is 0 Å². The van der Waals surface area contributed by atoms with Crippen LogP contribution in [-0.4, -0.2) is 35.7 Å². The molecule has 0 bridgehead atoms. The van der Waals surface area contributed by atoms with Gasteiger partial charge in [0.25, 0.3) is 5.91 Å². The zero-order chi connectivity index (χ0) is 17.4. The molecule has 2 heterocycles. The molecule has 1 fully saturated rings. The number of para-hydroxylation sites is 1. The van der Waals surface area contributed by atoms with Gasteiger partial charge in [0.2, 0.25) is 0 Å². The van der Waals surface area contributed by atoms with Gasteiger partial charge in [-0.1, -0.05) is 30.3 Å². The zero-order valence-electron chi connectivity index (χ0n) is 13.9. The quantitative estimate of drug-likeness (QED) is 0.796. The maximum absolute atomic E-state index is 13.0. The fourth-order valence-corrected chi connectivity index (χ4v) is 3.43. The minimum Gasteiger partial charge on any atom is -0.497 e. The van der Waals surface area contributed by atoms with Crippen LogP contribution in [0.4, 0.5) is 0 Å². The van der Waals surface area contributed by atoms with Crippen LogP contribution < -0.4 is 4.74 Å². The average Bonchev–Trinajstić information content (AvgIpc) is 3.24. The van der Waals surface area contributed by atoms with Gasteiger partial charge in [0.15, 0.2) is 5.76 Å². The van der Waals surface area contributed by atoms with Crippen molar-refractivity contribution in [2.75, 3.05) is 13.7 Å². The third-order valence-corrected chi connectivity index (χ3v) is 4.65. The van der Waals surface area contributed by atoms with Crippen LogP contribution >= 0.6 is 0 Å². The number of benzene rings is 2. The van der Waals surface area contributed by atoms with Crippen LogP contribution in [0.5, 0.6) is 5.75 Å². The third kappa shape index (κ3) is 2.87. The molecule has 1 amide bonds. The standard InChI is InChI=1S/C20H19NO4/c1-24-16-7-4-6-13(9-16)17-11-15(22)12-21(17)20(23)19-10-14-5-2-3-8-18(14)25-19/h2-10,15,17,22H,11-12H2,1H3/t15-,17+/m1/s1. The summed E-state index contributed by atoms with van der Waals surface area (Å²) in [6.45, 7) is 0.289. The lowest BCUT2D eigenvalue weighted by molar-refractivity contribution is 0.0686. The Morgan fingerprint density at radius 2 is 2.04 bits per heavy atom. The van der Waals surface area contributed by atoms with Crippen molar-refractivity contribution in [3.63, 3.8) is 0 Å². The number of hydrogen-bond acceptors (Lipinski definition) is 4. The summed E-state index contributed by atoms with van der Waals surface area (Å²) < 4.78 is 11.0. The highest BCUT2D eigenvalue weighted by atomic mass is 16.5. The number of furan rings is 1. The Morgan fingerprint density at radius 3 is 2.84 bits per heavy atom. The van der Waals surface area contributed by atoms with Gasteiger partial charge in [0.1, 0.15) is 11.3 Å². The molecule has 128 valence electrons. The largest absolute Gasteiger partial charge is 0.497 e. The number of aliphatic hydroxyl groups is 1. The van der Waals surface area contributed by atoms with E-state index < -0.39 is 6.10 Å². The van der Waals surface area contributed by atoms with E-state index in [1.807, 2.05) is 48.5 Å².